The molecule has 0 aliphatic rings. The number of unbranched alkanes of at least 4 members (excludes halogenated alkanes) is 1. The second kappa shape index (κ2) is 8.17. The molecule has 0 saturated heterocycles. The molecule has 0 atom stereocenters. The number of nitrogens with zero attached hydrogens (tertiary/aromatic N) is 2. The summed E-state index contributed by atoms with van der Waals surface area (Å²) in [5.74, 6) is 0.0846. The molecule has 1 amide bonds. The van der Waals surface area contributed by atoms with Gasteiger partial charge in [0.2, 0.25) is 5.91 Å². The van der Waals surface area contributed by atoms with Gasteiger partial charge in [0.1, 0.15) is 5.65 Å². The maximum atomic E-state index is 12.1. The van der Waals surface area contributed by atoms with E-state index in [0.29, 0.717) is 17.9 Å². The first-order chi connectivity index (χ1) is 12.2. The molecule has 0 bridgehead atoms. The molecule has 2 heterocycles. The van der Waals surface area contributed by atoms with Gasteiger partial charge in [-0.2, -0.15) is 0 Å². The highest BCUT2D eigenvalue weighted by molar-refractivity contribution is 6.30. The number of aromatic nitrogens is 2. The number of amides is 1. The summed E-state index contributed by atoms with van der Waals surface area (Å²) in [6.45, 7) is 2.86. The maximum absolute atomic E-state index is 12.1. The third kappa shape index (κ3) is 4.20. The monoisotopic (exact) mass is 355 g/mol. The lowest BCUT2D eigenvalue weighted by atomic mass is 10.1. The molecular formula is C20H22ClN3O. The Morgan fingerprint density at radius 3 is 2.76 bits per heavy atom. The summed E-state index contributed by atoms with van der Waals surface area (Å²) in [6.07, 6.45) is 5.17. The second-order valence-electron chi connectivity index (χ2n) is 6.05. The summed E-state index contributed by atoms with van der Waals surface area (Å²) in [6, 6.07) is 13.6. The molecule has 130 valence electrons. The normalized spacial score (nSPS) is 11.0. The van der Waals surface area contributed by atoms with E-state index in [1.165, 1.54) is 0 Å². The summed E-state index contributed by atoms with van der Waals surface area (Å²) in [4.78, 5) is 16.8. The van der Waals surface area contributed by atoms with Crippen LogP contribution in [0, 0.1) is 0 Å². The Labute approximate surface area is 152 Å². The van der Waals surface area contributed by atoms with Gasteiger partial charge in [-0.25, -0.2) is 4.98 Å². The Hall–Kier alpha value is -2.33. The van der Waals surface area contributed by atoms with Crippen LogP contribution in [0.4, 0.5) is 0 Å². The molecular weight excluding hydrogens is 334 g/mol. The fraction of sp³-hybridized carbons (Fsp3) is 0.300. The van der Waals surface area contributed by atoms with E-state index in [9.17, 15) is 4.79 Å². The van der Waals surface area contributed by atoms with Crippen molar-refractivity contribution >= 4 is 23.2 Å². The number of pyridine rings is 1. The molecule has 3 aromatic rings. The highest BCUT2D eigenvalue weighted by atomic mass is 35.5. The molecule has 0 aliphatic carbocycles. The average molecular weight is 356 g/mol. The van der Waals surface area contributed by atoms with Crippen LogP contribution in [0.2, 0.25) is 5.02 Å². The quantitative estimate of drug-likeness (QED) is 0.634. The fourth-order valence-electron chi connectivity index (χ4n) is 2.85. The lowest BCUT2D eigenvalue weighted by molar-refractivity contribution is -0.121. The van der Waals surface area contributed by atoms with Crippen LogP contribution in [0.15, 0.2) is 48.7 Å². The van der Waals surface area contributed by atoms with Crippen LogP contribution >= 0.6 is 11.6 Å². The number of hydrogen-bond donors (Lipinski definition) is 1. The Morgan fingerprint density at radius 2 is 2.00 bits per heavy atom. The van der Waals surface area contributed by atoms with E-state index in [2.05, 4.69) is 16.6 Å². The summed E-state index contributed by atoms with van der Waals surface area (Å²) >= 11 is 6.00. The predicted octanol–water partition coefficient (Wildman–Crippen LogP) is 4.50. The maximum Gasteiger partial charge on any atom is 0.220 e. The highest BCUT2D eigenvalue weighted by Gasteiger charge is 2.15. The zero-order chi connectivity index (χ0) is 17.6. The van der Waals surface area contributed by atoms with E-state index >= 15 is 0 Å². The second-order valence-corrected chi connectivity index (χ2v) is 6.48. The molecule has 0 fully saturated rings. The first-order valence-corrected chi connectivity index (χ1v) is 9.05. The lowest BCUT2D eigenvalue weighted by Crippen LogP contribution is -2.24. The number of carbonyl (C=O) groups is 1. The smallest absolute Gasteiger partial charge is 0.220 e. The van der Waals surface area contributed by atoms with Crippen LogP contribution in [0.25, 0.3) is 16.9 Å². The van der Waals surface area contributed by atoms with Gasteiger partial charge in [0.25, 0.3) is 0 Å². The number of aryl methyl sites for hydroxylation is 1. The van der Waals surface area contributed by atoms with Gasteiger partial charge in [0, 0.05) is 29.7 Å². The average Bonchev–Trinajstić information content (AvgIpc) is 2.99. The Morgan fingerprint density at radius 1 is 1.20 bits per heavy atom. The van der Waals surface area contributed by atoms with Crippen molar-refractivity contribution in [2.75, 3.05) is 6.54 Å². The van der Waals surface area contributed by atoms with Crippen molar-refractivity contribution in [3.05, 3.63) is 59.4 Å². The number of nitrogens with one attached hydrogen (secondary N) is 1. The highest BCUT2D eigenvalue weighted by Crippen LogP contribution is 2.26. The van der Waals surface area contributed by atoms with Gasteiger partial charge in [-0.3, -0.25) is 4.79 Å². The van der Waals surface area contributed by atoms with Crippen LogP contribution in [0.5, 0.6) is 0 Å². The molecule has 0 saturated carbocycles. The molecule has 0 spiro atoms. The van der Waals surface area contributed by atoms with E-state index in [0.717, 1.165) is 42.0 Å². The molecule has 0 aliphatic heterocycles. The SMILES string of the molecule is CCCCNC(=O)CCc1c(-c2ccc(Cl)cc2)nc2ccccn12. The number of rotatable bonds is 7. The molecule has 2 aromatic heterocycles. The summed E-state index contributed by atoms with van der Waals surface area (Å²) in [5.41, 5.74) is 3.84. The largest absolute Gasteiger partial charge is 0.356 e. The molecule has 0 unspecified atom stereocenters. The first-order valence-electron chi connectivity index (χ1n) is 8.67. The summed E-state index contributed by atoms with van der Waals surface area (Å²) in [7, 11) is 0. The van der Waals surface area contributed by atoms with Gasteiger partial charge in [-0.05, 0) is 37.1 Å². The molecule has 1 N–H and O–H groups in total. The van der Waals surface area contributed by atoms with Gasteiger partial charge in [0.05, 0.1) is 11.4 Å². The number of hydrogen-bond acceptors (Lipinski definition) is 2. The van der Waals surface area contributed by atoms with E-state index in [1.54, 1.807) is 0 Å². The number of imidazole rings is 1. The van der Waals surface area contributed by atoms with Crippen molar-refractivity contribution < 1.29 is 4.79 Å². The molecule has 5 heteroatoms. The van der Waals surface area contributed by atoms with Gasteiger partial charge in [0.15, 0.2) is 0 Å². The third-order valence-corrected chi connectivity index (χ3v) is 4.44. The van der Waals surface area contributed by atoms with Crippen LogP contribution in [0.1, 0.15) is 31.9 Å². The summed E-state index contributed by atoms with van der Waals surface area (Å²) < 4.78 is 2.06. The molecule has 1 aromatic carbocycles. The molecule has 3 rings (SSSR count). The van der Waals surface area contributed by atoms with E-state index < -0.39 is 0 Å². The third-order valence-electron chi connectivity index (χ3n) is 4.19. The van der Waals surface area contributed by atoms with E-state index in [4.69, 9.17) is 16.6 Å². The van der Waals surface area contributed by atoms with Crippen molar-refractivity contribution in [3.8, 4) is 11.3 Å². The van der Waals surface area contributed by atoms with Gasteiger partial charge in [-0.15, -0.1) is 0 Å². The minimum absolute atomic E-state index is 0.0846. The standard InChI is InChI=1S/C20H22ClN3O/c1-2-3-13-22-19(25)12-11-17-20(15-7-9-16(21)10-8-15)23-18-6-4-5-14-24(17)18/h4-10,14H,2-3,11-13H2,1H3,(H,22,25). The van der Waals surface area contributed by atoms with Crippen LogP contribution in [-0.2, 0) is 11.2 Å². The summed E-state index contributed by atoms with van der Waals surface area (Å²) in [5, 5.41) is 3.67. The number of carbonyl (C=O) groups excluding carboxylic acids is 1. The van der Waals surface area contributed by atoms with Crippen molar-refractivity contribution in [3.63, 3.8) is 0 Å². The van der Waals surface area contributed by atoms with Gasteiger partial charge >= 0.3 is 0 Å². The van der Waals surface area contributed by atoms with Gasteiger partial charge < -0.3 is 9.72 Å². The number of fused-ring (bicyclic) bond motifs is 1. The Balaban J connectivity index is 1.86. The zero-order valence-corrected chi connectivity index (χ0v) is 15.1. The van der Waals surface area contributed by atoms with E-state index in [-0.39, 0.29) is 5.91 Å². The molecule has 25 heavy (non-hydrogen) atoms. The predicted molar refractivity (Wildman–Crippen MR) is 102 cm³/mol. The van der Waals surface area contributed by atoms with Crippen molar-refractivity contribution in [2.24, 2.45) is 0 Å². The minimum Gasteiger partial charge on any atom is -0.356 e. The minimum atomic E-state index is 0.0846. The fourth-order valence-corrected chi connectivity index (χ4v) is 2.98. The number of benzene rings is 1. The van der Waals surface area contributed by atoms with Crippen LogP contribution < -0.4 is 5.32 Å². The zero-order valence-electron chi connectivity index (χ0n) is 14.3. The molecule has 4 nitrogen and oxygen atoms in total. The van der Waals surface area contributed by atoms with Crippen molar-refractivity contribution in [1.29, 1.82) is 0 Å². The molecule has 0 radical (unpaired) electrons. The topological polar surface area (TPSA) is 46.4 Å². The van der Waals surface area contributed by atoms with Gasteiger partial charge in [-0.1, -0.05) is 43.1 Å². The van der Waals surface area contributed by atoms with Crippen LogP contribution in [-0.4, -0.2) is 21.8 Å². The van der Waals surface area contributed by atoms with E-state index in [1.807, 2.05) is 48.7 Å². The first kappa shape index (κ1) is 17.5. The Kier molecular flexibility index (Phi) is 5.71. The lowest BCUT2D eigenvalue weighted by Gasteiger charge is -2.07. The van der Waals surface area contributed by atoms with Crippen molar-refractivity contribution in [2.45, 2.75) is 32.6 Å². The number of halogens is 1. The van der Waals surface area contributed by atoms with Crippen molar-refractivity contribution in [1.82, 2.24) is 14.7 Å². The van der Waals surface area contributed by atoms with Crippen LogP contribution in [0.3, 0.4) is 0 Å². The Bertz CT molecular complexity index is 855.